The molecule has 4 aromatic heterocycles. The minimum absolute atomic E-state index is 0.0421. The number of hydrogen-bond acceptors (Lipinski definition) is 9. The Labute approximate surface area is 214 Å². The monoisotopic (exact) mass is 502 g/mol. The molecular weight excluding hydrogens is 472 g/mol. The maximum Gasteiger partial charge on any atom is 0.249 e. The Hall–Kier alpha value is -3.96. The highest BCUT2D eigenvalue weighted by atomic mass is 16.5. The lowest BCUT2D eigenvalue weighted by Gasteiger charge is -2.18. The first-order chi connectivity index (χ1) is 17.8. The Morgan fingerprint density at radius 2 is 2.05 bits per heavy atom. The number of rotatable bonds is 7. The molecule has 4 atom stereocenters. The number of pyridine rings is 2. The van der Waals surface area contributed by atoms with Crippen molar-refractivity contribution in [3.8, 4) is 11.4 Å². The number of nitrogens with one attached hydrogen (secondary N) is 2. The fourth-order valence-electron chi connectivity index (χ4n) is 4.40. The molecule has 1 fully saturated rings. The lowest BCUT2D eigenvalue weighted by molar-refractivity contribution is -0.136. The van der Waals surface area contributed by atoms with E-state index < -0.39 is 24.4 Å². The Morgan fingerprint density at radius 1 is 1.22 bits per heavy atom. The van der Waals surface area contributed by atoms with Crippen molar-refractivity contribution in [2.75, 3.05) is 5.32 Å². The van der Waals surface area contributed by atoms with Crippen molar-refractivity contribution in [3.05, 3.63) is 60.4 Å². The third kappa shape index (κ3) is 5.00. The van der Waals surface area contributed by atoms with Crippen LogP contribution in [-0.2, 0) is 16.1 Å². The molecule has 3 N–H and O–H groups in total. The van der Waals surface area contributed by atoms with Crippen molar-refractivity contribution >= 4 is 22.9 Å². The van der Waals surface area contributed by atoms with Crippen LogP contribution >= 0.6 is 0 Å². The van der Waals surface area contributed by atoms with Crippen LogP contribution in [0.25, 0.3) is 22.6 Å². The molecule has 0 saturated carbocycles. The van der Waals surface area contributed by atoms with Gasteiger partial charge in [0.2, 0.25) is 5.91 Å². The Kier molecular flexibility index (Phi) is 6.81. The molecule has 0 radical (unpaired) electrons. The number of fused-ring (bicyclic) bond motifs is 1. The number of anilines is 1. The molecule has 5 heterocycles. The van der Waals surface area contributed by atoms with Crippen LogP contribution in [-0.4, -0.2) is 58.8 Å². The number of aliphatic hydroxyl groups excluding tert-OH is 1. The summed E-state index contributed by atoms with van der Waals surface area (Å²) in [5.74, 6) is 0.279. The molecule has 0 spiro atoms. The van der Waals surface area contributed by atoms with E-state index in [-0.39, 0.29) is 11.9 Å². The summed E-state index contributed by atoms with van der Waals surface area (Å²) in [5.41, 5.74) is 3.54. The molecule has 5 rings (SSSR count). The second-order valence-corrected chi connectivity index (χ2v) is 9.61. The first-order valence-corrected chi connectivity index (χ1v) is 12.3. The number of aryl methyl sites for hydroxylation is 1. The Morgan fingerprint density at radius 3 is 2.78 bits per heavy atom. The molecule has 192 valence electrons. The number of carbonyl (C=O) groups excluding carboxylic acids is 1. The molecule has 4 aromatic rings. The fourth-order valence-corrected chi connectivity index (χ4v) is 4.40. The van der Waals surface area contributed by atoms with Crippen molar-refractivity contribution in [3.63, 3.8) is 0 Å². The summed E-state index contributed by atoms with van der Waals surface area (Å²) in [7, 11) is 0. The molecule has 1 amide bonds. The van der Waals surface area contributed by atoms with Crippen LogP contribution in [0.3, 0.4) is 0 Å². The number of hydrogen-bond donors (Lipinski definition) is 3. The van der Waals surface area contributed by atoms with E-state index in [4.69, 9.17) is 14.7 Å². The summed E-state index contributed by atoms with van der Waals surface area (Å²) in [4.78, 5) is 35.4. The molecule has 0 bridgehead atoms. The number of aromatic nitrogens is 6. The highest BCUT2D eigenvalue weighted by molar-refractivity contribution is 5.85. The second kappa shape index (κ2) is 10.2. The van der Waals surface area contributed by atoms with Gasteiger partial charge in [0.05, 0.1) is 18.6 Å². The zero-order chi connectivity index (χ0) is 26.1. The number of nitrogens with zero attached hydrogens (tertiary/aromatic N) is 6. The maximum absolute atomic E-state index is 12.7. The molecule has 1 aliphatic rings. The third-order valence-corrected chi connectivity index (χ3v) is 6.28. The molecule has 0 aromatic carbocycles. The van der Waals surface area contributed by atoms with Gasteiger partial charge in [0.1, 0.15) is 12.2 Å². The van der Waals surface area contributed by atoms with E-state index >= 15 is 0 Å². The van der Waals surface area contributed by atoms with Gasteiger partial charge in [-0.15, -0.1) is 0 Å². The van der Waals surface area contributed by atoms with Crippen molar-refractivity contribution < 1.29 is 14.6 Å². The molecule has 37 heavy (non-hydrogen) atoms. The normalized spacial score (nSPS) is 21.5. The average Bonchev–Trinajstić information content (AvgIpc) is 3.43. The summed E-state index contributed by atoms with van der Waals surface area (Å²) in [6.45, 7) is 7.95. The number of amides is 1. The Balaban J connectivity index is 1.55. The van der Waals surface area contributed by atoms with E-state index in [0.29, 0.717) is 29.4 Å². The van der Waals surface area contributed by atoms with Crippen molar-refractivity contribution in [1.82, 2.24) is 34.8 Å². The van der Waals surface area contributed by atoms with Crippen LogP contribution in [0, 0.1) is 12.8 Å². The van der Waals surface area contributed by atoms with E-state index in [1.165, 1.54) is 0 Å². The molecule has 1 aliphatic heterocycles. The van der Waals surface area contributed by atoms with Gasteiger partial charge in [-0.05, 0) is 44.5 Å². The second-order valence-electron chi connectivity index (χ2n) is 9.61. The van der Waals surface area contributed by atoms with Crippen molar-refractivity contribution in [1.29, 1.82) is 0 Å². The summed E-state index contributed by atoms with van der Waals surface area (Å²) < 4.78 is 7.76. The van der Waals surface area contributed by atoms with Gasteiger partial charge < -0.3 is 20.5 Å². The van der Waals surface area contributed by atoms with Gasteiger partial charge >= 0.3 is 0 Å². The molecular formula is C26H30N8O3. The van der Waals surface area contributed by atoms with Gasteiger partial charge in [-0.1, -0.05) is 13.0 Å². The van der Waals surface area contributed by atoms with E-state index in [1.807, 2.05) is 45.0 Å². The third-order valence-electron chi connectivity index (χ3n) is 6.28. The summed E-state index contributed by atoms with van der Waals surface area (Å²) in [6.07, 6.45) is 4.17. The first-order valence-electron chi connectivity index (χ1n) is 12.3. The lowest BCUT2D eigenvalue weighted by Crippen LogP contribution is -2.41. The topological polar surface area (TPSA) is 140 Å². The first kappa shape index (κ1) is 24.7. The molecule has 0 aliphatic carbocycles. The smallest absolute Gasteiger partial charge is 0.249 e. The van der Waals surface area contributed by atoms with E-state index in [1.54, 1.807) is 36.4 Å². The lowest BCUT2D eigenvalue weighted by atomic mass is 9.99. The quantitative estimate of drug-likeness (QED) is 0.348. The molecule has 11 nitrogen and oxygen atoms in total. The Bertz CT molecular complexity index is 1410. The minimum Gasteiger partial charge on any atom is -0.388 e. The van der Waals surface area contributed by atoms with Gasteiger partial charge in [-0.25, -0.2) is 15.0 Å². The highest BCUT2D eigenvalue weighted by Gasteiger charge is 2.46. The average molecular weight is 503 g/mol. The van der Waals surface area contributed by atoms with E-state index in [2.05, 4.69) is 25.6 Å². The zero-order valence-electron chi connectivity index (χ0n) is 21.2. The van der Waals surface area contributed by atoms with Crippen LogP contribution in [0.4, 0.5) is 5.82 Å². The van der Waals surface area contributed by atoms with Gasteiger partial charge in [0.25, 0.3) is 0 Å². The van der Waals surface area contributed by atoms with Crippen LogP contribution in [0.2, 0.25) is 0 Å². The number of ether oxygens (including phenoxy) is 1. The molecule has 11 heteroatoms. The SMILES string of the molecule is Cc1cncc(-c2nc(NCc3ccccn3)c3ncn([C@@H]4O[C@H](C(=O)NC(C)C)C(C)[C@H]4O)c3n2)c1. The summed E-state index contributed by atoms with van der Waals surface area (Å²) in [5, 5.41) is 17.2. The standard InChI is InChI=1S/C26H30N8O3/c1-14(2)31-25(36)21-16(4)20(35)26(37-21)34-13-30-19-23(29-12-18-7-5-6-8-28-18)32-22(33-24(19)34)17-9-15(3)10-27-11-17/h5-11,13-14,16,20-21,26,35H,12H2,1-4H3,(H,31,36)(H,29,32,33)/t16?,20-,21+,26-/m1/s1. The van der Waals surface area contributed by atoms with Gasteiger partial charge in [-0.3, -0.25) is 19.3 Å². The van der Waals surface area contributed by atoms with Crippen LogP contribution in [0.5, 0.6) is 0 Å². The number of carbonyl (C=O) groups is 1. The van der Waals surface area contributed by atoms with Crippen molar-refractivity contribution in [2.24, 2.45) is 5.92 Å². The maximum atomic E-state index is 12.7. The van der Waals surface area contributed by atoms with Crippen LogP contribution in [0.15, 0.2) is 49.2 Å². The fraction of sp³-hybridized carbons (Fsp3) is 0.385. The molecule has 1 saturated heterocycles. The van der Waals surface area contributed by atoms with Gasteiger partial charge in [0.15, 0.2) is 29.0 Å². The highest BCUT2D eigenvalue weighted by Crippen LogP contribution is 2.36. The van der Waals surface area contributed by atoms with E-state index in [9.17, 15) is 9.90 Å². The van der Waals surface area contributed by atoms with Crippen LogP contribution in [0.1, 0.15) is 38.3 Å². The number of aliphatic hydroxyl groups is 1. The summed E-state index contributed by atoms with van der Waals surface area (Å²) in [6, 6.07) is 7.61. The predicted molar refractivity (Wildman–Crippen MR) is 137 cm³/mol. The van der Waals surface area contributed by atoms with Gasteiger partial charge in [-0.2, -0.15) is 0 Å². The minimum atomic E-state index is -0.940. The predicted octanol–water partition coefficient (Wildman–Crippen LogP) is 2.62. The van der Waals surface area contributed by atoms with E-state index in [0.717, 1.165) is 16.8 Å². The van der Waals surface area contributed by atoms with Crippen LogP contribution < -0.4 is 10.6 Å². The van der Waals surface area contributed by atoms with Crippen molar-refractivity contribution in [2.45, 2.75) is 58.7 Å². The molecule has 1 unspecified atom stereocenters. The largest absolute Gasteiger partial charge is 0.388 e. The van der Waals surface area contributed by atoms with Gasteiger partial charge in [0, 0.05) is 36.1 Å². The zero-order valence-corrected chi connectivity index (χ0v) is 21.2. The summed E-state index contributed by atoms with van der Waals surface area (Å²) >= 11 is 0. The number of imidazole rings is 1.